The highest BCUT2D eigenvalue weighted by Gasteiger charge is 2.14. The molecule has 0 radical (unpaired) electrons. The molecule has 168 valence electrons. The van der Waals surface area contributed by atoms with Crippen LogP contribution in [0.25, 0.3) is 0 Å². The third kappa shape index (κ3) is 7.65. The summed E-state index contributed by atoms with van der Waals surface area (Å²) in [6.45, 7) is 5.56. The van der Waals surface area contributed by atoms with E-state index < -0.39 is 9.84 Å². The molecule has 1 heterocycles. The zero-order chi connectivity index (χ0) is 22.3. The Hall–Kier alpha value is -2.42. The maximum absolute atomic E-state index is 12.3. The second kappa shape index (κ2) is 10.7. The minimum atomic E-state index is -3.21. The summed E-state index contributed by atoms with van der Waals surface area (Å²) in [4.78, 5) is 17.3. The Labute approximate surface area is 184 Å². The lowest BCUT2D eigenvalue weighted by Crippen LogP contribution is -2.43. The number of hydrogen-bond acceptors (Lipinski definition) is 6. The average molecular weight is 446 g/mol. The molecule has 1 amide bonds. The average Bonchev–Trinajstić information content (AvgIpc) is 2.73. The van der Waals surface area contributed by atoms with Gasteiger partial charge in [-0.25, -0.2) is 8.42 Å². The van der Waals surface area contributed by atoms with E-state index in [0.29, 0.717) is 25.2 Å². The number of hydrogen-bond donors (Lipinski definition) is 1. The number of ether oxygens (including phenoxy) is 1. The number of carbonyl (C=O) groups excluding carboxylic acids is 1. The van der Waals surface area contributed by atoms with E-state index in [1.807, 2.05) is 18.2 Å². The van der Waals surface area contributed by atoms with Crippen LogP contribution < -0.4 is 10.1 Å². The number of nitrogens with one attached hydrogen (secondary N) is 1. The molecule has 0 aromatic heterocycles. The van der Waals surface area contributed by atoms with Crippen molar-refractivity contribution in [2.75, 3.05) is 51.4 Å². The minimum Gasteiger partial charge on any atom is -0.494 e. The summed E-state index contributed by atoms with van der Waals surface area (Å²) in [6.07, 6.45) is 2.09. The van der Waals surface area contributed by atoms with Gasteiger partial charge in [0.1, 0.15) is 5.75 Å². The predicted molar refractivity (Wildman–Crippen MR) is 122 cm³/mol. The highest BCUT2D eigenvalue weighted by molar-refractivity contribution is 7.90. The second-order valence-corrected chi connectivity index (χ2v) is 10.0. The van der Waals surface area contributed by atoms with Crippen molar-refractivity contribution in [3.63, 3.8) is 0 Å². The molecule has 1 saturated heterocycles. The first-order chi connectivity index (χ1) is 14.8. The van der Waals surface area contributed by atoms with Gasteiger partial charge in [0.25, 0.3) is 0 Å². The summed E-state index contributed by atoms with van der Waals surface area (Å²) in [5.74, 6) is 0.539. The highest BCUT2D eigenvalue weighted by atomic mass is 32.2. The molecular formula is C23H31N3O4S. The zero-order valence-corrected chi connectivity index (χ0v) is 19.0. The first-order valence-electron chi connectivity index (χ1n) is 10.5. The molecule has 0 saturated carbocycles. The number of sulfone groups is 1. The molecule has 0 unspecified atom stereocenters. The Kier molecular flexibility index (Phi) is 8.06. The molecule has 1 N–H and O–H groups in total. The van der Waals surface area contributed by atoms with Crippen LogP contribution in [0.1, 0.15) is 18.4 Å². The number of carbonyl (C=O) groups is 1. The van der Waals surface area contributed by atoms with Crippen LogP contribution in [-0.2, 0) is 21.2 Å². The number of likely N-dealkylation sites (N-methyl/N-ethyl adjacent to an activating group) is 1. The van der Waals surface area contributed by atoms with Gasteiger partial charge in [-0.3, -0.25) is 9.69 Å². The molecule has 1 aliphatic heterocycles. The van der Waals surface area contributed by atoms with Gasteiger partial charge in [0.15, 0.2) is 9.84 Å². The van der Waals surface area contributed by atoms with E-state index in [4.69, 9.17) is 4.74 Å². The van der Waals surface area contributed by atoms with Crippen molar-refractivity contribution in [1.82, 2.24) is 9.80 Å². The lowest BCUT2D eigenvalue weighted by molar-refractivity contribution is -0.116. The van der Waals surface area contributed by atoms with Crippen molar-refractivity contribution < 1.29 is 17.9 Å². The fourth-order valence-corrected chi connectivity index (χ4v) is 4.07. The Morgan fingerprint density at radius 1 is 1.06 bits per heavy atom. The third-order valence-electron chi connectivity index (χ3n) is 5.28. The Morgan fingerprint density at radius 3 is 2.45 bits per heavy atom. The standard InChI is InChI=1S/C23H31N3O4S/c1-25-12-14-26(15-13-25)18-19-5-3-6-20(17-19)24-23(27)7-4-16-30-21-8-10-22(11-9-21)31(2,28)29/h3,5-6,8-11,17H,4,7,12-16,18H2,1-2H3,(H,24,27). The molecule has 0 aliphatic carbocycles. The van der Waals surface area contributed by atoms with E-state index in [1.165, 1.54) is 24.0 Å². The number of benzene rings is 2. The number of amides is 1. The Bertz CT molecular complexity index is 969. The molecule has 2 aromatic carbocycles. The van der Waals surface area contributed by atoms with Gasteiger partial charge in [0, 0.05) is 51.1 Å². The van der Waals surface area contributed by atoms with Crippen molar-refractivity contribution in [3.05, 3.63) is 54.1 Å². The van der Waals surface area contributed by atoms with Crippen LogP contribution in [0.15, 0.2) is 53.4 Å². The molecule has 3 rings (SSSR count). The van der Waals surface area contributed by atoms with Gasteiger partial charge in [-0.1, -0.05) is 12.1 Å². The number of nitrogens with zero attached hydrogens (tertiary/aromatic N) is 2. The van der Waals surface area contributed by atoms with Crippen LogP contribution in [0, 0.1) is 0 Å². The smallest absolute Gasteiger partial charge is 0.224 e. The number of piperazine rings is 1. The van der Waals surface area contributed by atoms with E-state index in [0.717, 1.165) is 38.4 Å². The summed E-state index contributed by atoms with van der Waals surface area (Å²) >= 11 is 0. The molecule has 7 nitrogen and oxygen atoms in total. The van der Waals surface area contributed by atoms with Gasteiger partial charge in [0.2, 0.25) is 5.91 Å². The molecule has 0 atom stereocenters. The number of anilines is 1. The fourth-order valence-electron chi connectivity index (χ4n) is 3.44. The number of rotatable bonds is 9. The summed E-state index contributed by atoms with van der Waals surface area (Å²) in [5, 5.41) is 2.96. The predicted octanol–water partition coefficient (Wildman–Crippen LogP) is 2.64. The molecule has 2 aromatic rings. The Balaban J connectivity index is 1.39. The van der Waals surface area contributed by atoms with Crippen LogP contribution in [-0.4, -0.2) is 70.2 Å². The van der Waals surface area contributed by atoms with Gasteiger partial charge in [-0.05, 0) is 55.4 Å². The maximum atomic E-state index is 12.3. The van der Waals surface area contributed by atoms with Gasteiger partial charge in [-0.15, -0.1) is 0 Å². The fraction of sp³-hybridized carbons (Fsp3) is 0.435. The lowest BCUT2D eigenvalue weighted by Gasteiger charge is -2.32. The lowest BCUT2D eigenvalue weighted by atomic mass is 10.1. The summed E-state index contributed by atoms with van der Waals surface area (Å²) in [7, 11) is -1.07. The van der Waals surface area contributed by atoms with E-state index in [1.54, 1.807) is 12.1 Å². The summed E-state index contributed by atoms with van der Waals surface area (Å²) in [6, 6.07) is 14.3. The second-order valence-electron chi connectivity index (χ2n) is 8.02. The molecular weight excluding hydrogens is 414 g/mol. The van der Waals surface area contributed by atoms with Gasteiger partial charge in [-0.2, -0.15) is 0 Å². The van der Waals surface area contributed by atoms with E-state index >= 15 is 0 Å². The zero-order valence-electron chi connectivity index (χ0n) is 18.2. The topological polar surface area (TPSA) is 79.0 Å². The van der Waals surface area contributed by atoms with Crippen molar-refractivity contribution in [2.45, 2.75) is 24.3 Å². The van der Waals surface area contributed by atoms with E-state index in [2.05, 4.69) is 28.2 Å². The van der Waals surface area contributed by atoms with Gasteiger partial charge >= 0.3 is 0 Å². The molecule has 0 bridgehead atoms. The van der Waals surface area contributed by atoms with Crippen LogP contribution in [0.4, 0.5) is 5.69 Å². The van der Waals surface area contributed by atoms with Crippen LogP contribution in [0.5, 0.6) is 5.75 Å². The third-order valence-corrected chi connectivity index (χ3v) is 6.41. The van der Waals surface area contributed by atoms with Gasteiger partial charge < -0.3 is 15.0 Å². The first kappa shape index (κ1) is 23.2. The van der Waals surface area contributed by atoms with Crippen molar-refractivity contribution >= 4 is 21.4 Å². The van der Waals surface area contributed by atoms with Crippen LogP contribution in [0.3, 0.4) is 0 Å². The van der Waals surface area contributed by atoms with Crippen molar-refractivity contribution in [2.24, 2.45) is 0 Å². The normalized spacial score (nSPS) is 15.5. The molecule has 1 aliphatic rings. The summed E-state index contributed by atoms with van der Waals surface area (Å²) in [5.41, 5.74) is 2.01. The van der Waals surface area contributed by atoms with E-state index in [-0.39, 0.29) is 10.8 Å². The van der Waals surface area contributed by atoms with E-state index in [9.17, 15) is 13.2 Å². The van der Waals surface area contributed by atoms with Crippen LogP contribution in [0.2, 0.25) is 0 Å². The Morgan fingerprint density at radius 2 is 1.77 bits per heavy atom. The highest BCUT2D eigenvalue weighted by Crippen LogP contribution is 2.17. The molecule has 8 heteroatoms. The molecule has 31 heavy (non-hydrogen) atoms. The quantitative estimate of drug-likeness (QED) is 0.598. The molecule has 0 spiro atoms. The van der Waals surface area contributed by atoms with Crippen LogP contribution >= 0.6 is 0 Å². The minimum absolute atomic E-state index is 0.0484. The monoisotopic (exact) mass is 445 g/mol. The van der Waals surface area contributed by atoms with Crippen molar-refractivity contribution in [3.8, 4) is 5.75 Å². The van der Waals surface area contributed by atoms with Gasteiger partial charge in [0.05, 0.1) is 11.5 Å². The first-order valence-corrected chi connectivity index (χ1v) is 12.4. The SMILES string of the molecule is CN1CCN(Cc2cccc(NC(=O)CCCOc3ccc(S(C)(=O)=O)cc3)c2)CC1. The summed E-state index contributed by atoms with van der Waals surface area (Å²) < 4.78 is 28.5. The molecule has 1 fully saturated rings. The van der Waals surface area contributed by atoms with Crippen molar-refractivity contribution in [1.29, 1.82) is 0 Å². The maximum Gasteiger partial charge on any atom is 0.224 e. The largest absolute Gasteiger partial charge is 0.494 e.